The van der Waals surface area contributed by atoms with Crippen molar-refractivity contribution in [1.82, 2.24) is 0 Å². The average molecular weight is 301 g/mol. The minimum absolute atomic E-state index is 0.167. The van der Waals surface area contributed by atoms with Gasteiger partial charge in [0.25, 0.3) is 0 Å². The van der Waals surface area contributed by atoms with E-state index in [1.165, 1.54) is 13.8 Å². The molecule has 6 heteroatoms. The van der Waals surface area contributed by atoms with E-state index in [9.17, 15) is 13.9 Å². The highest BCUT2D eigenvalue weighted by atomic mass is 32.1. The summed E-state index contributed by atoms with van der Waals surface area (Å²) in [6.07, 6.45) is 0. The third-order valence-corrected chi connectivity index (χ3v) is 0. The number of thiocarbonyl (C=S) groups is 1. The number of hydrogen-bond donors (Lipinski definition) is 0. The number of hydrogen-bond acceptors (Lipinski definition) is 4. The normalized spacial score (nSPS) is 8.06. The van der Waals surface area contributed by atoms with Crippen molar-refractivity contribution in [2.75, 3.05) is 33.3 Å². The van der Waals surface area contributed by atoms with Crippen molar-refractivity contribution in [3.63, 3.8) is 0 Å². The van der Waals surface area contributed by atoms with Crippen LogP contribution < -0.4 is 0 Å². The summed E-state index contributed by atoms with van der Waals surface area (Å²) in [6.45, 7) is 15.4. The minimum atomic E-state index is -1.64. The van der Waals surface area contributed by atoms with E-state index < -0.39 is 14.9 Å². The zero-order valence-corrected chi connectivity index (χ0v) is 15.1. The van der Waals surface area contributed by atoms with Crippen LogP contribution in [0.4, 0.5) is 0 Å². The molecule has 0 spiro atoms. The highest BCUT2D eigenvalue weighted by molar-refractivity contribution is 7.80. The Labute approximate surface area is 113 Å². The fourth-order valence-electron chi connectivity index (χ4n) is 0. The molecule has 0 atom stereocenters. The SMILES string of the molecule is CC(C)=O.CC(C)=S.CP(C)(C)=O.C[P+](C)=O. The predicted molar refractivity (Wildman–Crippen MR) is 85.1 cm³/mol. The molecule has 0 aliphatic rings. The molecule has 0 rings (SSSR count). The zero-order valence-electron chi connectivity index (χ0n) is 12.5. The Bertz CT molecular complexity index is 221. The van der Waals surface area contributed by atoms with Crippen LogP contribution in [-0.4, -0.2) is 44.0 Å². The van der Waals surface area contributed by atoms with E-state index >= 15 is 0 Å². The second kappa shape index (κ2) is 16.1. The lowest BCUT2D eigenvalue weighted by molar-refractivity contribution is -0.114. The quantitative estimate of drug-likeness (QED) is 0.494. The molecule has 0 aromatic heterocycles. The van der Waals surface area contributed by atoms with E-state index in [1.54, 1.807) is 33.3 Å². The lowest BCUT2D eigenvalue weighted by Crippen LogP contribution is -1.69. The fraction of sp³-hybridized carbons (Fsp3) is 0.818. The molecule has 0 N–H and O–H groups in total. The summed E-state index contributed by atoms with van der Waals surface area (Å²) >= 11 is 4.54. The Balaban J connectivity index is -0.0000000667. The molecule has 0 fully saturated rings. The van der Waals surface area contributed by atoms with Gasteiger partial charge in [0, 0.05) is 0 Å². The van der Waals surface area contributed by atoms with Crippen LogP contribution >= 0.6 is 27.2 Å². The van der Waals surface area contributed by atoms with Gasteiger partial charge in [-0.05, 0) is 52.6 Å². The minimum Gasteiger partial charge on any atom is -0.324 e. The van der Waals surface area contributed by atoms with Crippen LogP contribution in [0.25, 0.3) is 0 Å². The standard InChI is InChI=1S/C3H9OP.C3H6O.C3H6S.C2H6OP/c1-5(2,3)4;2*1-3(2)4;1-4(2)3/h1-3H3;3*1-2H3/q;;;+1. The molecule has 17 heavy (non-hydrogen) atoms. The molecule has 0 aliphatic heterocycles. The van der Waals surface area contributed by atoms with Crippen molar-refractivity contribution in [2.24, 2.45) is 0 Å². The third kappa shape index (κ3) is 394000. The zero-order chi connectivity index (χ0) is 15.2. The first-order valence-electron chi connectivity index (χ1n) is 5.01. The van der Waals surface area contributed by atoms with E-state index in [0.717, 1.165) is 4.86 Å². The van der Waals surface area contributed by atoms with Gasteiger partial charge in [-0.2, -0.15) is 0 Å². The van der Waals surface area contributed by atoms with Gasteiger partial charge in [-0.3, -0.25) is 0 Å². The van der Waals surface area contributed by atoms with Gasteiger partial charge in [0.15, 0.2) is 0 Å². The fourth-order valence-corrected chi connectivity index (χ4v) is 0. The van der Waals surface area contributed by atoms with E-state index in [-0.39, 0.29) is 5.78 Å². The van der Waals surface area contributed by atoms with Gasteiger partial charge in [-0.1, -0.05) is 16.8 Å². The molecular formula is C11H27O3P2S+. The van der Waals surface area contributed by atoms with Crippen molar-refractivity contribution >= 4 is 37.8 Å². The van der Waals surface area contributed by atoms with Crippen LogP contribution in [0.2, 0.25) is 0 Å². The monoisotopic (exact) mass is 301 g/mol. The summed E-state index contributed by atoms with van der Waals surface area (Å²) in [6, 6.07) is 0. The average Bonchev–Trinajstić information content (AvgIpc) is 1.73. The molecule has 0 saturated carbocycles. The van der Waals surface area contributed by atoms with Crippen molar-refractivity contribution in [3.8, 4) is 0 Å². The summed E-state index contributed by atoms with van der Waals surface area (Å²) in [5.74, 6) is 0.167. The summed E-state index contributed by atoms with van der Waals surface area (Å²) in [4.78, 5) is 10.4. The molecule has 104 valence electrons. The first-order valence-corrected chi connectivity index (χ1v) is 10.6. The number of Topliss-reactive ketones (excluding diaryl/α,β-unsaturated/α-hetero) is 1. The van der Waals surface area contributed by atoms with Crippen molar-refractivity contribution in [2.45, 2.75) is 27.7 Å². The Kier molecular flexibility index (Phi) is 24.4. The number of carbonyl (C=O) groups is 1. The van der Waals surface area contributed by atoms with Gasteiger partial charge in [0.1, 0.15) is 19.1 Å². The van der Waals surface area contributed by atoms with Gasteiger partial charge in [-0.25, -0.2) is 0 Å². The largest absolute Gasteiger partial charge is 0.332 e. The maximum Gasteiger partial charge on any atom is 0.332 e. The van der Waals surface area contributed by atoms with Crippen LogP contribution in [0.1, 0.15) is 27.7 Å². The van der Waals surface area contributed by atoms with Crippen LogP contribution in [0, 0.1) is 0 Å². The second-order valence-corrected chi connectivity index (χ2v) is 10.7. The first-order chi connectivity index (χ1) is 7.20. The predicted octanol–water partition coefficient (Wildman–Crippen LogP) is 4.30. The van der Waals surface area contributed by atoms with Gasteiger partial charge < -0.3 is 9.36 Å². The Morgan fingerprint density at radius 2 is 1.00 bits per heavy atom. The van der Waals surface area contributed by atoms with Crippen molar-refractivity contribution in [1.29, 1.82) is 0 Å². The summed E-state index contributed by atoms with van der Waals surface area (Å²) in [5, 5.41) is 0. The highest BCUT2D eigenvalue weighted by Crippen LogP contribution is 2.28. The molecule has 0 amide bonds. The molecule has 0 heterocycles. The van der Waals surface area contributed by atoms with Gasteiger partial charge in [0.05, 0.1) is 7.14 Å². The maximum atomic E-state index is 10.2. The van der Waals surface area contributed by atoms with E-state index in [2.05, 4.69) is 12.2 Å². The Morgan fingerprint density at radius 3 is 1.00 bits per heavy atom. The summed E-state index contributed by atoms with van der Waals surface area (Å²) in [7, 11) is -2.51. The highest BCUT2D eigenvalue weighted by Gasteiger charge is 1.89. The molecule has 0 radical (unpaired) electrons. The third-order valence-electron chi connectivity index (χ3n) is 0. The lowest BCUT2D eigenvalue weighted by Gasteiger charge is -1.86. The number of carbonyl (C=O) groups excluding carboxylic acids is 1. The molecule has 3 nitrogen and oxygen atoms in total. The van der Waals surface area contributed by atoms with Gasteiger partial charge in [-0.15, -0.1) is 0 Å². The maximum absolute atomic E-state index is 10.2. The van der Waals surface area contributed by atoms with Crippen LogP contribution in [0.5, 0.6) is 0 Å². The summed E-state index contributed by atoms with van der Waals surface area (Å²) < 4.78 is 19.8. The Morgan fingerprint density at radius 1 is 1.00 bits per heavy atom. The van der Waals surface area contributed by atoms with E-state index in [1.807, 2.05) is 13.8 Å². The van der Waals surface area contributed by atoms with Crippen LogP contribution in [0.15, 0.2) is 0 Å². The van der Waals surface area contributed by atoms with Gasteiger partial charge in [0.2, 0.25) is 0 Å². The molecule has 0 aromatic carbocycles. The van der Waals surface area contributed by atoms with Crippen LogP contribution in [-0.2, 0) is 13.9 Å². The number of rotatable bonds is 0. The molecular weight excluding hydrogens is 274 g/mol. The smallest absolute Gasteiger partial charge is 0.324 e. The Hall–Kier alpha value is 0.0900. The number of ketones is 1. The molecule has 0 unspecified atom stereocenters. The van der Waals surface area contributed by atoms with Crippen molar-refractivity contribution in [3.05, 3.63) is 0 Å². The lowest BCUT2D eigenvalue weighted by atomic mass is 10.6. The topological polar surface area (TPSA) is 51.2 Å². The molecule has 0 aromatic rings. The van der Waals surface area contributed by atoms with E-state index in [0.29, 0.717) is 0 Å². The molecule has 0 bridgehead atoms. The first kappa shape index (κ1) is 25.8. The summed E-state index contributed by atoms with van der Waals surface area (Å²) in [5.41, 5.74) is 0. The molecule has 0 aliphatic carbocycles. The van der Waals surface area contributed by atoms with Crippen LogP contribution in [0.3, 0.4) is 0 Å². The molecule has 0 saturated heterocycles. The van der Waals surface area contributed by atoms with Crippen molar-refractivity contribution < 1.29 is 13.9 Å². The van der Waals surface area contributed by atoms with Gasteiger partial charge >= 0.3 is 7.80 Å². The second-order valence-electron chi connectivity index (χ2n) is 4.52. The van der Waals surface area contributed by atoms with E-state index in [4.69, 9.17) is 0 Å².